The minimum atomic E-state index is -0.158. The number of carbonyl (C=O) groups is 2. The second-order valence-corrected chi connectivity index (χ2v) is 5.35. The normalized spacial score (nSPS) is 10.5. The molecule has 0 spiro atoms. The van der Waals surface area contributed by atoms with Crippen molar-refractivity contribution in [2.45, 2.75) is 34.2 Å². The van der Waals surface area contributed by atoms with E-state index in [-0.39, 0.29) is 11.7 Å². The summed E-state index contributed by atoms with van der Waals surface area (Å²) in [4.78, 5) is 26.8. The monoisotopic (exact) mass is 284 g/mol. The molecule has 1 aromatic heterocycles. The Morgan fingerprint density at radius 2 is 1.71 bits per heavy atom. The van der Waals surface area contributed by atoms with Gasteiger partial charge in [-0.05, 0) is 31.9 Å². The Labute approximate surface area is 124 Å². The molecule has 0 saturated carbocycles. The molecule has 2 aromatic rings. The Balaban J connectivity index is 2.14. The molecule has 4 nitrogen and oxygen atoms in total. The summed E-state index contributed by atoms with van der Waals surface area (Å²) in [6.07, 6.45) is 0. The first-order valence-corrected chi connectivity index (χ1v) is 6.94. The fourth-order valence-corrected chi connectivity index (χ4v) is 2.42. The number of nitrogens with one attached hydrogen (secondary N) is 2. The van der Waals surface area contributed by atoms with Gasteiger partial charge in [0.05, 0.1) is 11.3 Å². The first-order chi connectivity index (χ1) is 9.90. The number of hydrogen-bond acceptors (Lipinski definition) is 2. The molecule has 0 aliphatic rings. The van der Waals surface area contributed by atoms with Crippen molar-refractivity contribution in [3.63, 3.8) is 0 Å². The number of carbonyl (C=O) groups excluding carboxylic acids is 2. The molecule has 21 heavy (non-hydrogen) atoms. The van der Waals surface area contributed by atoms with E-state index in [0.717, 1.165) is 11.3 Å². The minimum absolute atomic E-state index is 0.0619. The number of rotatable bonds is 4. The molecule has 1 heterocycles. The molecular weight excluding hydrogens is 264 g/mol. The molecule has 0 bridgehead atoms. The van der Waals surface area contributed by atoms with Crippen LogP contribution in [0, 0.1) is 20.8 Å². The van der Waals surface area contributed by atoms with Crippen LogP contribution < -0.4 is 5.32 Å². The summed E-state index contributed by atoms with van der Waals surface area (Å²) in [5.74, 6) is -0.220. The van der Waals surface area contributed by atoms with E-state index in [0.29, 0.717) is 23.4 Å². The Morgan fingerprint density at radius 3 is 2.24 bits per heavy atom. The number of benzene rings is 1. The van der Waals surface area contributed by atoms with Gasteiger partial charge >= 0.3 is 0 Å². The summed E-state index contributed by atoms with van der Waals surface area (Å²) in [5, 5.41) is 2.90. The van der Waals surface area contributed by atoms with Crippen LogP contribution in [0.1, 0.15) is 50.2 Å². The lowest BCUT2D eigenvalue weighted by Gasteiger charge is -2.06. The number of ketones is 1. The van der Waals surface area contributed by atoms with Crippen molar-refractivity contribution in [1.82, 2.24) is 10.3 Å². The average molecular weight is 284 g/mol. The summed E-state index contributed by atoms with van der Waals surface area (Å²) in [6, 6.07) is 8.02. The van der Waals surface area contributed by atoms with E-state index in [4.69, 9.17) is 0 Å². The summed E-state index contributed by atoms with van der Waals surface area (Å²) < 4.78 is 0. The van der Waals surface area contributed by atoms with E-state index < -0.39 is 0 Å². The molecule has 1 amide bonds. The molecule has 0 aliphatic heterocycles. The van der Waals surface area contributed by atoms with Crippen molar-refractivity contribution < 1.29 is 9.59 Å². The maximum Gasteiger partial charge on any atom is 0.253 e. The van der Waals surface area contributed by atoms with Crippen molar-refractivity contribution >= 4 is 11.7 Å². The van der Waals surface area contributed by atoms with Gasteiger partial charge in [-0.3, -0.25) is 9.59 Å². The van der Waals surface area contributed by atoms with E-state index in [2.05, 4.69) is 10.3 Å². The van der Waals surface area contributed by atoms with E-state index in [9.17, 15) is 9.59 Å². The fraction of sp³-hybridized carbons (Fsp3) is 0.294. The SMILES string of the molecule is CC(=O)c1[nH]c(C)c(C(=O)NCc2ccc(C)cc2)c1C. The Kier molecular flexibility index (Phi) is 4.26. The van der Waals surface area contributed by atoms with Gasteiger partial charge in [-0.25, -0.2) is 0 Å². The molecule has 0 atom stereocenters. The van der Waals surface area contributed by atoms with Crippen molar-refractivity contribution in [3.8, 4) is 0 Å². The first-order valence-electron chi connectivity index (χ1n) is 6.94. The van der Waals surface area contributed by atoms with Crippen LogP contribution in [0.5, 0.6) is 0 Å². The highest BCUT2D eigenvalue weighted by Gasteiger charge is 2.19. The largest absolute Gasteiger partial charge is 0.355 e. The molecule has 0 unspecified atom stereocenters. The molecule has 0 radical (unpaired) electrons. The van der Waals surface area contributed by atoms with Crippen molar-refractivity contribution in [2.75, 3.05) is 0 Å². The second-order valence-electron chi connectivity index (χ2n) is 5.35. The zero-order chi connectivity index (χ0) is 15.6. The van der Waals surface area contributed by atoms with Crippen LogP contribution in [0.2, 0.25) is 0 Å². The van der Waals surface area contributed by atoms with Gasteiger partial charge in [-0.15, -0.1) is 0 Å². The van der Waals surface area contributed by atoms with Gasteiger partial charge in [0.15, 0.2) is 5.78 Å². The van der Waals surface area contributed by atoms with Crippen molar-refractivity contribution in [2.24, 2.45) is 0 Å². The zero-order valence-electron chi connectivity index (χ0n) is 12.8. The van der Waals surface area contributed by atoms with Crippen LogP contribution in [-0.4, -0.2) is 16.7 Å². The number of aryl methyl sites for hydroxylation is 2. The van der Waals surface area contributed by atoms with Crippen molar-refractivity contribution in [1.29, 1.82) is 0 Å². The summed E-state index contributed by atoms with van der Waals surface area (Å²) in [6.45, 7) is 7.59. The van der Waals surface area contributed by atoms with Gasteiger partial charge in [0, 0.05) is 19.2 Å². The van der Waals surface area contributed by atoms with Crippen LogP contribution >= 0.6 is 0 Å². The highest BCUT2D eigenvalue weighted by Crippen LogP contribution is 2.18. The highest BCUT2D eigenvalue weighted by atomic mass is 16.1. The van der Waals surface area contributed by atoms with Gasteiger partial charge in [0.25, 0.3) is 5.91 Å². The molecule has 2 rings (SSSR count). The summed E-state index contributed by atoms with van der Waals surface area (Å²) in [7, 11) is 0. The van der Waals surface area contributed by atoms with Gasteiger partial charge < -0.3 is 10.3 Å². The van der Waals surface area contributed by atoms with Gasteiger partial charge in [0.2, 0.25) is 0 Å². The van der Waals surface area contributed by atoms with Crippen molar-refractivity contribution in [3.05, 3.63) is 57.9 Å². The fourth-order valence-electron chi connectivity index (χ4n) is 2.42. The molecule has 4 heteroatoms. The molecule has 110 valence electrons. The van der Waals surface area contributed by atoms with Crippen LogP contribution in [0.4, 0.5) is 0 Å². The standard InChI is InChI=1S/C17H20N2O2/c1-10-5-7-14(8-6-10)9-18-17(21)15-11(2)16(13(4)20)19-12(15)3/h5-8,19H,9H2,1-4H3,(H,18,21). The number of H-pyrrole nitrogens is 1. The minimum Gasteiger partial charge on any atom is -0.355 e. The third-order valence-corrected chi connectivity index (χ3v) is 3.59. The highest BCUT2D eigenvalue weighted by molar-refractivity contribution is 6.02. The summed E-state index contributed by atoms with van der Waals surface area (Å²) in [5.41, 5.74) is 4.74. The van der Waals surface area contributed by atoms with Crippen LogP contribution in [0.15, 0.2) is 24.3 Å². The predicted octanol–water partition coefficient (Wildman–Crippen LogP) is 3.07. The smallest absolute Gasteiger partial charge is 0.253 e. The van der Waals surface area contributed by atoms with Gasteiger partial charge in [-0.1, -0.05) is 29.8 Å². The van der Waals surface area contributed by atoms with E-state index in [1.807, 2.05) is 31.2 Å². The third kappa shape index (κ3) is 3.21. The lowest BCUT2D eigenvalue weighted by molar-refractivity contribution is 0.0949. The first kappa shape index (κ1) is 15.0. The number of aromatic nitrogens is 1. The van der Waals surface area contributed by atoms with Crippen LogP contribution in [0.25, 0.3) is 0 Å². The Hall–Kier alpha value is -2.36. The van der Waals surface area contributed by atoms with Crippen LogP contribution in [-0.2, 0) is 6.54 Å². The molecule has 0 saturated heterocycles. The average Bonchev–Trinajstić information content (AvgIpc) is 2.73. The number of amides is 1. The Morgan fingerprint density at radius 1 is 1.10 bits per heavy atom. The second kappa shape index (κ2) is 5.95. The molecule has 0 aliphatic carbocycles. The predicted molar refractivity (Wildman–Crippen MR) is 82.6 cm³/mol. The Bertz CT molecular complexity index is 682. The molecule has 0 fully saturated rings. The quantitative estimate of drug-likeness (QED) is 0.848. The number of hydrogen-bond donors (Lipinski definition) is 2. The molecule has 2 N–H and O–H groups in total. The van der Waals surface area contributed by atoms with Crippen LogP contribution in [0.3, 0.4) is 0 Å². The lowest BCUT2D eigenvalue weighted by Crippen LogP contribution is -2.23. The maximum atomic E-state index is 12.3. The third-order valence-electron chi connectivity index (χ3n) is 3.59. The zero-order valence-corrected chi connectivity index (χ0v) is 12.8. The van der Waals surface area contributed by atoms with E-state index in [1.54, 1.807) is 13.8 Å². The van der Waals surface area contributed by atoms with E-state index >= 15 is 0 Å². The molecule has 1 aromatic carbocycles. The number of aromatic amines is 1. The van der Waals surface area contributed by atoms with Gasteiger partial charge in [0.1, 0.15) is 0 Å². The maximum absolute atomic E-state index is 12.3. The van der Waals surface area contributed by atoms with E-state index in [1.165, 1.54) is 12.5 Å². The number of Topliss-reactive ketones (excluding diaryl/α,β-unsaturated/α-hetero) is 1. The van der Waals surface area contributed by atoms with Gasteiger partial charge in [-0.2, -0.15) is 0 Å². The topological polar surface area (TPSA) is 62.0 Å². The lowest BCUT2D eigenvalue weighted by atomic mass is 10.1. The molecular formula is C17H20N2O2. The summed E-state index contributed by atoms with van der Waals surface area (Å²) >= 11 is 0.